The molecule has 1 amide bonds. The molecule has 7 heteroatoms. The van der Waals surface area contributed by atoms with Gasteiger partial charge in [0.05, 0.1) is 11.4 Å². The molecule has 0 bridgehead atoms. The molecule has 2 aromatic carbocycles. The Balaban J connectivity index is 1.50. The highest BCUT2D eigenvalue weighted by atomic mass is 16.3. The zero-order chi connectivity index (χ0) is 19.5. The van der Waals surface area contributed by atoms with Crippen LogP contribution in [-0.2, 0) is 6.54 Å². The Morgan fingerprint density at radius 2 is 2.00 bits per heavy atom. The number of aromatic hydroxyl groups is 1. The predicted octanol–water partition coefficient (Wildman–Crippen LogP) is 3.24. The number of carbonyl (C=O) groups is 1. The van der Waals surface area contributed by atoms with Gasteiger partial charge in [-0.3, -0.25) is 9.89 Å². The van der Waals surface area contributed by atoms with Crippen LogP contribution in [-0.4, -0.2) is 42.9 Å². The number of carbonyl (C=O) groups excluding carboxylic acids is 1. The Morgan fingerprint density at radius 1 is 1.14 bits per heavy atom. The highest BCUT2D eigenvalue weighted by Crippen LogP contribution is 2.27. The Bertz CT molecular complexity index is 1100. The maximum atomic E-state index is 12.8. The largest absolute Gasteiger partial charge is 0.507 e. The van der Waals surface area contributed by atoms with Gasteiger partial charge in [0.25, 0.3) is 5.91 Å². The number of benzene rings is 2. The molecule has 2 N–H and O–H groups in total. The van der Waals surface area contributed by atoms with Crippen molar-refractivity contribution < 1.29 is 9.90 Å². The van der Waals surface area contributed by atoms with Crippen LogP contribution in [0.3, 0.4) is 0 Å². The van der Waals surface area contributed by atoms with Crippen molar-refractivity contribution in [3.05, 3.63) is 84.3 Å². The van der Waals surface area contributed by atoms with Crippen LogP contribution < -0.4 is 0 Å². The molecular weight excluding hydrogens is 354 g/mol. The number of nitrogens with zero attached hydrogens (tertiary/aromatic N) is 4. The van der Waals surface area contributed by atoms with Crippen molar-refractivity contribution in [2.75, 3.05) is 7.05 Å². The third-order valence-corrected chi connectivity index (χ3v) is 4.43. The zero-order valence-electron chi connectivity index (χ0n) is 15.3. The first kappa shape index (κ1) is 17.5. The minimum Gasteiger partial charge on any atom is -0.507 e. The molecule has 140 valence electrons. The standard InChI is InChI=1S/C21H19N5O2/c1-25(14-15-6-4-7-16(12-15)26-11-5-10-22-26)21(28)19-13-18(23-24-19)17-8-2-3-9-20(17)27/h2-13,27H,14H2,1H3,(H,23,24). The smallest absolute Gasteiger partial charge is 0.271 e. The van der Waals surface area contributed by atoms with Crippen molar-refractivity contribution in [2.24, 2.45) is 0 Å². The molecule has 2 heterocycles. The molecule has 2 aromatic heterocycles. The minimum absolute atomic E-state index is 0.122. The van der Waals surface area contributed by atoms with Crippen molar-refractivity contribution >= 4 is 5.91 Å². The molecule has 4 rings (SSSR count). The molecule has 4 aromatic rings. The van der Waals surface area contributed by atoms with E-state index in [1.54, 1.807) is 47.1 Å². The number of nitrogens with one attached hydrogen (secondary N) is 1. The van der Waals surface area contributed by atoms with Crippen LogP contribution in [0.5, 0.6) is 5.75 Å². The number of rotatable bonds is 5. The number of para-hydroxylation sites is 1. The molecule has 0 aliphatic carbocycles. The van der Waals surface area contributed by atoms with E-state index in [0.29, 0.717) is 23.5 Å². The Hall–Kier alpha value is -3.87. The summed E-state index contributed by atoms with van der Waals surface area (Å²) in [5.74, 6) is -0.0598. The Labute approximate surface area is 161 Å². The quantitative estimate of drug-likeness (QED) is 0.562. The number of phenols is 1. The summed E-state index contributed by atoms with van der Waals surface area (Å²) in [7, 11) is 1.74. The average Bonchev–Trinajstić information content (AvgIpc) is 3.40. The van der Waals surface area contributed by atoms with Crippen LogP contribution in [0, 0.1) is 0 Å². The Kier molecular flexibility index (Phi) is 4.63. The summed E-state index contributed by atoms with van der Waals surface area (Å²) in [5.41, 5.74) is 3.39. The lowest BCUT2D eigenvalue weighted by Crippen LogP contribution is -2.26. The van der Waals surface area contributed by atoms with E-state index in [1.165, 1.54) is 0 Å². The summed E-state index contributed by atoms with van der Waals surface area (Å²) in [6, 6.07) is 18.3. The molecule has 28 heavy (non-hydrogen) atoms. The lowest BCUT2D eigenvalue weighted by atomic mass is 10.1. The number of aromatic nitrogens is 4. The first-order valence-electron chi connectivity index (χ1n) is 8.80. The molecule has 0 spiro atoms. The van der Waals surface area contributed by atoms with Crippen LogP contribution in [0.4, 0.5) is 0 Å². The molecule has 0 aliphatic rings. The van der Waals surface area contributed by atoms with Crippen molar-refractivity contribution in [2.45, 2.75) is 6.54 Å². The molecule has 7 nitrogen and oxygen atoms in total. The Morgan fingerprint density at radius 3 is 2.79 bits per heavy atom. The van der Waals surface area contributed by atoms with Gasteiger partial charge in [0.2, 0.25) is 0 Å². The second kappa shape index (κ2) is 7.40. The maximum Gasteiger partial charge on any atom is 0.271 e. The van der Waals surface area contributed by atoms with Gasteiger partial charge >= 0.3 is 0 Å². The monoisotopic (exact) mass is 373 g/mol. The van der Waals surface area contributed by atoms with Gasteiger partial charge in [0.1, 0.15) is 11.4 Å². The van der Waals surface area contributed by atoms with Crippen molar-refractivity contribution in [3.8, 4) is 22.7 Å². The fraction of sp³-hybridized carbons (Fsp3) is 0.0952. The third-order valence-electron chi connectivity index (χ3n) is 4.43. The van der Waals surface area contributed by atoms with Gasteiger partial charge in [-0.1, -0.05) is 24.3 Å². The van der Waals surface area contributed by atoms with Crippen LogP contribution >= 0.6 is 0 Å². The van der Waals surface area contributed by atoms with Gasteiger partial charge in [-0.2, -0.15) is 10.2 Å². The molecule has 0 fully saturated rings. The van der Waals surface area contributed by atoms with E-state index in [4.69, 9.17) is 0 Å². The minimum atomic E-state index is -0.182. The molecule has 0 unspecified atom stereocenters. The van der Waals surface area contributed by atoms with Crippen molar-refractivity contribution in [1.82, 2.24) is 24.9 Å². The molecule has 0 atom stereocenters. The van der Waals surface area contributed by atoms with Gasteiger partial charge in [-0.25, -0.2) is 4.68 Å². The first-order valence-corrected chi connectivity index (χ1v) is 8.80. The van der Waals surface area contributed by atoms with Crippen molar-refractivity contribution in [1.29, 1.82) is 0 Å². The predicted molar refractivity (Wildman–Crippen MR) is 105 cm³/mol. The first-order chi connectivity index (χ1) is 13.6. The van der Waals surface area contributed by atoms with E-state index in [2.05, 4.69) is 15.3 Å². The number of phenolic OH excluding ortho intramolecular Hbond substituents is 1. The molecular formula is C21H19N5O2. The van der Waals surface area contributed by atoms with E-state index in [-0.39, 0.29) is 11.7 Å². The van der Waals surface area contributed by atoms with E-state index in [9.17, 15) is 9.90 Å². The fourth-order valence-electron chi connectivity index (χ4n) is 3.03. The fourth-order valence-corrected chi connectivity index (χ4v) is 3.03. The summed E-state index contributed by atoms with van der Waals surface area (Å²) in [5, 5.41) is 21.1. The van der Waals surface area contributed by atoms with Gasteiger partial charge in [-0.15, -0.1) is 0 Å². The highest BCUT2D eigenvalue weighted by Gasteiger charge is 2.17. The summed E-state index contributed by atoms with van der Waals surface area (Å²) in [6.07, 6.45) is 3.60. The van der Waals surface area contributed by atoms with E-state index < -0.39 is 0 Å². The number of H-pyrrole nitrogens is 1. The number of hydrogen-bond donors (Lipinski definition) is 2. The SMILES string of the molecule is CN(Cc1cccc(-n2cccn2)c1)C(=O)c1cc(-c2ccccc2O)n[nH]1. The number of hydrogen-bond acceptors (Lipinski definition) is 4. The molecule has 0 radical (unpaired) electrons. The van der Waals surface area contributed by atoms with Crippen LogP contribution in [0.15, 0.2) is 73.1 Å². The lowest BCUT2D eigenvalue weighted by Gasteiger charge is -2.16. The number of aromatic amines is 1. The van der Waals surface area contributed by atoms with Crippen LogP contribution in [0.2, 0.25) is 0 Å². The van der Waals surface area contributed by atoms with Gasteiger partial charge < -0.3 is 10.0 Å². The molecule has 0 saturated heterocycles. The number of amides is 1. The van der Waals surface area contributed by atoms with Crippen LogP contribution in [0.1, 0.15) is 16.1 Å². The summed E-state index contributed by atoms with van der Waals surface area (Å²) in [6.45, 7) is 0.443. The van der Waals surface area contributed by atoms with Gasteiger partial charge in [0.15, 0.2) is 0 Å². The van der Waals surface area contributed by atoms with E-state index >= 15 is 0 Å². The van der Waals surface area contributed by atoms with Crippen molar-refractivity contribution in [3.63, 3.8) is 0 Å². The molecule has 0 aliphatic heterocycles. The van der Waals surface area contributed by atoms with E-state index in [1.807, 2.05) is 42.6 Å². The maximum absolute atomic E-state index is 12.8. The summed E-state index contributed by atoms with van der Waals surface area (Å²) < 4.78 is 1.78. The van der Waals surface area contributed by atoms with Gasteiger partial charge in [-0.05, 0) is 42.0 Å². The highest BCUT2D eigenvalue weighted by molar-refractivity contribution is 5.93. The average molecular weight is 373 g/mol. The third kappa shape index (κ3) is 3.50. The molecule has 0 saturated carbocycles. The summed E-state index contributed by atoms with van der Waals surface area (Å²) in [4.78, 5) is 14.4. The second-order valence-corrected chi connectivity index (χ2v) is 6.47. The van der Waals surface area contributed by atoms with Gasteiger partial charge in [0, 0.05) is 31.5 Å². The summed E-state index contributed by atoms with van der Waals surface area (Å²) >= 11 is 0. The second-order valence-electron chi connectivity index (χ2n) is 6.47. The zero-order valence-corrected chi connectivity index (χ0v) is 15.3. The van der Waals surface area contributed by atoms with Crippen LogP contribution in [0.25, 0.3) is 16.9 Å². The van der Waals surface area contributed by atoms with E-state index in [0.717, 1.165) is 11.3 Å². The lowest BCUT2D eigenvalue weighted by molar-refractivity contribution is 0.0779. The topological polar surface area (TPSA) is 87.0 Å². The normalized spacial score (nSPS) is 10.8.